The minimum atomic E-state index is -0.238. The summed E-state index contributed by atoms with van der Waals surface area (Å²) in [4.78, 5) is 13.2. The number of nitrogens with one attached hydrogen (secondary N) is 1. The first-order valence-electron chi connectivity index (χ1n) is 9.84. The zero-order valence-electron chi connectivity index (χ0n) is 17.6. The van der Waals surface area contributed by atoms with Gasteiger partial charge in [0.15, 0.2) is 11.5 Å². The summed E-state index contributed by atoms with van der Waals surface area (Å²) in [5.41, 5.74) is 4.42. The number of para-hydroxylation sites is 1. The molecule has 0 radical (unpaired) electrons. The Morgan fingerprint density at radius 2 is 1.68 bits per heavy atom. The third kappa shape index (κ3) is 4.28. The number of rotatable bonds is 6. The molecule has 156 valence electrons. The molecule has 4 aromatic rings. The molecular weight excluding hydrogens is 390 g/mol. The number of benzene rings is 3. The zero-order chi connectivity index (χ0) is 21.8. The summed E-state index contributed by atoms with van der Waals surface area (Å²) in [5, 5.41) is 7.70. The molecule has 3 aromatic carbocycles. The first-order valence-corrected chi connectivity index (χ1v) is 9.84. The van der Waals surface area contributed by atoms with E-state index in [4.69, 9.17) is 14.6 Å². The summed E-state index contributed by atoms with van der Waals surface area (Å²) in [5.74, 6) is 0.941. The molecule has 1 heterocycles. The van der Waals surface area contributed by atoms with E-state index in [2.05, 4.69) is 5.32 Å². The first-order chi connectivity index (χ1) is 15.1. The number of methoxy groups -OCH3 is 2. The number of aromatic nitrogens is 2. The van der Waals surface area contributed by atoms with E-state index in [0.717, 1.165) is 22.5 Å². The fourth-order valence-electron chi connectivity index (χ4n) is 3.37. The molecule has 1 aromatic heterocycles. The molecule has 0 bridgehead atoms. The van der Waals surface area contributed by atoms with Crippen molar-refractivity contribution in [1.82, 2.24) is 9.78 Å². The van der Waals surface area contributed by atoms with Gasteiger partial charge in [-0.2, -0.15) is 5.10 Å². The van der Waals surface area contributed by atoms with Crippen LogP contribution >= 0.6 is 0 Å². The third-order valence-corrected chi connectivity index (χ3v) is 4.91. The van der Waals surface area contributed by atoms with Crippen LogP contribution in [-0.2, 0) is 0 Å². The van der Waals surface area contributed by atoms with E-state index in [0.29, 0.717) is 22.8 Å². The molecule has 0 spiro atoms. The van der Waals surface area contributed by atoms with Crippen molar-refractivity contribution < 1.29 is 14.3 Å². The van der Waals surface area contributed by atoms with Crippen molar-refractivity contribution in [1.29, 1.82) is 0 Å². The number of carbonyl (C=O) groups is 1. The minimum absolute atomic E-state index is 0.238. The van der Waals surface area contributed by atoms with Gasteiger partial charge in [0.1, 0.15) is 5.69 Å². The number of nitrogens with zero attached hydrogens (tertiary/aromatic N) is 2. The Bertz CT molecular complexity index is 1220. The van der Waals surface area contributed by atoms with Crippen LogP contribution < -0.4 is 14.8 Å². The molecule has 6 heteroatoms. The highest BCUT2D eigenvalue weighted by Gasteiger charge is 2.20. The van der Waals surface area contributed by atoms with Crippen LogP contribution in [-0.4, -0.2) is 29.9 Å². The second kappa shape index (κ2) is 8.75. The molecule has 4 rings (SSSR count). The lowest BCUT2D eigenvalue weighted by molar-refractivity contribution is 0.102. The van der Waals surface area contributed by atoms with Crippen LogP contribution in [0.4, 0.5) is 5.69 Å². The zero-order valence-corrected chi connectivity index (χ0v) is 17.6. The van der Waals surface area contributed by atoms with Gasteiger partial charge in [-0.1, -0.05) is 30.3 Å². The molecule has 0 unspecified atom stereocenters. The number of aryl methyl sites for hydroxylation is 1. The van der Waals surface area contributed by atoms with E-state index >= 15 is 0 Å². The van der Waals surface area contributed by atoms with Crippen molar-refractivity contribution in [3.05, 3.63) is 90.1 Å². The van der Waals surface area contributed by atoms with Crippen molar-refractivity contribution in [2.24, 2.45) is 0 Å². The molecule has 0 fully saturated rings. The second-order valence-electron chi connectivity index (χ2n) is 7.06. The number of anilines is 1. The highest BCUT2D eigenvalue weighted by Crippen LogP contribution is 2.33. The summed E-state index contributed by atoms with van der Waals surface area (Å²) >= 11 is 0. The van der Waals surface area contributed by atoms with Gasteiger partial charge in [-0.15, -0.1) is 0 Å². The second-order valence-corrected chi connectivity index (χ2v) is 7.06. The summed E-state index contributed by atoms with van der Waals surface area (Å²) < 4.78 is 12.5. The molecule has 6 nitrogen and oxygen atoms in total. The summed E-state index contributed by atoms with van der Waals surface area (Å²) in [6, 6.07) is 22.8. The van der Waals surface area contributed by atoms with Gasteiger partial charge in [0.2, 0.25) is 0 Å². The highest BCUT2D eigenvalue weighted by molar-refractivity contribution is 6.08. The SMILES string of the molecule is COc1ccc(-c2nn(-c3ccccc3)cc2C(=O)Nc2cccc(C)c2)cc1OC. The van der Waals surface area contributed by atoms with Gasteiger partial charge in [0.25, 0.3) is 5.91 Å². The highest BCUT2D eigenvalue weighted by atomic mass is 16.5. The Hall–Kier alpha value is -4.06. The van der Waals surface area contributed by atoms with Gasteiger partial charge < -0.3 is 14.8 Å². The molecule has 0 aliphatic rings. The van der Waals surface area contributed by atoms with Crippen molar-refractivity contribution in [3.63, 3.8) is 0 Å². The van der Waals surface area contributed by atoms with E-state index < -0.39 is 0 Å². The lowest BCUT2D eigenvalue weighted by Crippen LogP contribution is -2.12. The van der Waals surface area contributed by atoms with E-state index in [1.54, 1.807) is 31.2 Å². The van der Waals surface area contributed by atoms with Gasteiger partial charge >= 0.3 is 0 Å². The quantitative estimate of drug-likeness (QED) is 0.477. The van der Waals surface area contributed by atoms with Gasteiger partial charge in [-0.25, -0.2) is 4.68 Å². The van der Waals surface area contributed by atoms with E-state index in [-0.39, 0.29) is 5.91 Å². The van der Waals surface area contributed by atoms with E-state index in [1.807, 2.05) is 73.7 Å². The largest absolute Gasteiger partial charge is 0.493 e. The van der Waals surface area contributed by atoms with Gasteiger partial charge in [-0.3, -0.25) is 4.79 Å². The fourth-order valence-corrected chi connectivity index (χ4v) is 3.37. The smallest absolute Gasteiger partial charge is 0.259 e. The van der Waals surface area contributed by atoms with Crippen LogP contribution in [0.3, 0.4) is 0 Å². The van der Waals surface area contributed by atoms with Crippen molar-refractivity contribution in [2.75, 3.05) is 19.5 Å². The summed E-state index contributed by atoms with van der Waals surface area (Å²) in [7, 11) is 3.16. The molecule has 0 saturated carbocycles. The van der Waals surface area contributed by atoms with Crippen molar-refractivity contribution in [2.45, 2.75) is 6.92 Å². The van der Waals surface area contributed by atoms with Crippen LogP contribution in [0.15, 0.2) is 79.0 Å². The molecule has 1 amide bonds. The summed E-state index contributed by atoms with van der Waals surface area (Å²) in [6.07, 6.45) is 1.74. The van der Waals surface area contributed by atoms with E-state index in [9.17, 15) is 4.79 Å². The molecule has 0 saturated heterocycles. The van der Waals surface area contributed by atoms with Crippen LogP contribution in [0, 0.1) is 6.92 Å². The number of hydrogen-bond donors (Lipinski definition) is 1. The van der Waals surface area contributed by atoms with Crippen LogP contribution in [0.5, 0.6) is 11.5 Å². The minimum Gasteiger partial charge on any atom is -0.493 e. The summed E-state index contributed by atoms with van der Waals surface area (Å²) in [6.45, 7) is 1.98. The van der Waals surface area contributed by atoms with Crippen LogP contribution in [0.25, 0.3) is 16.9 Å². The van der Waals surface area contributed by atoms with Crippen molar-refractivity contribution >= 4 is 11.6 Å². The molecule has 1 N–H and O–H groups in total. The average Bonchev–Trinajstić information content (AvgIpc) is 3.25. The number of hydrogen-bond acceptors (Lipinski definition) is 4. The lowest BCUT2D eigenvalue weighted by atomic mass is 10.1. The van der Waals surface area contributed by atoms with Gasteiger partial charge in [0.05, 0.1) is 25.5 Å². The molecule has 0 aliphatic heterocycles. The number of carbonyl (C=O) groups excluding carboxylic acids is 1. The van der Waals surface area contributed by atoms with Crippen LogP contribution in [0.1, 0.15) is 15.9 Å². The topological polar surface area (TPSA) is 65.4 Å². The average molecular weight is 413 g/mol. The van der Waals surface area contributed by atoms with Crippen LogP contribution in [0.2, 0.25) is 0 Å². The Labute approximate surface area is 181 Å². The maximum Gasteiger partial charge on any atom is 0.259 e. The Kier molecular flexibility index (Phi) is 5.71. The maximum absolute atomic E-state index is 13.2. The number of amides is 1. The lowest BCUT2D eigenvalue weighted by Gasteiger charge is -2.10. The monoisotopic (exact) mass is 413 g/mol. The molecule has 0 atom stereocenters. The third-order valence-electron chi connectivity index (χ3n) is 4.91. The standard InChI is InChI=1S/C25H23N3O3/c1-17-8-7-9-19(14-17)26-25(29)21-16-28(20-10-5-4-6-11-20)27-24(21)18-12-13-22(30-2)23(15-18)31-3/h4-16H,1-3H3,(H,26,29). The fraction of sp³-hybridized carbons (Fsp3) is 0.120. The first kappa shape index (κ1) is 20.2. The maximum atomic E-state index is 13.2. The van der Waals surface area contributed by atoms with E-state index in [1.165, 1.54) is 0 Å². The Balaban J connectivity index is 1.79. The van der Waals surface area contributed by atoms with Crippen molar-refractivity contribution in [3.8, 4) is 28.4 Å². The molecule has 0 aliphatic carbocycles. The predicted octanol–water partition coefficient (Wildman–Crippen LogP) is 5.12. The molecule has 31 heavy (non-hydrogen) atoms. The Morgan fingerprint density at radius 3 is 2.39 bits per heavy atom. The normalized spacial score (nSPS) is 10.5. The van der Waals surface area contributed by atoms with Gasteiger partial charge in [-0.05, 0) is 55.0 Å². The predicted molar refractivity (Wildman–Crippen MR) is 121 cm³/mol. The number of ether oxygens (including phenoxy) is 2. The Morgan fingerprint density at radius 1 is 0.903 bits per heavy atom. The molecular formula is C25H23N3O3. The van der Waals surface area contributed by atoms with Gasteiger partial charge in [0, 0.05) is 17.4 Å².